The van der Waals surface area contributed by atoms with Gasteiger partial charge in [0.05, 0.1) is 5.71 Å². The molecule has 4 nitrogen and oxygen atoms in total. The van der Waals surface area contributed by atoms with Crippen molar-refractivity contribution in [1.82, 2.24) is 5.43 Å². The average Bonchev–Trinajstić information content (AvgIpc) is 2.53. The molecule has 23 heavy (non-hydrogen) atoms. The molecule has 0 fully saturated rings. The Morgan fingerprint density at radius 3 is 2.61 bits per heavy atom. The van der Waals surface area contributed by atoms with E-state index in [1.165, 1.54) is 12.1 Å². The topological polar surface area (TPSA) is 50.7 Å². The number of carbonyl (C=O) groups excluding carboxylic acids is 1. The molecule has 2 aromatic rings. The summed E-state index contributed by atoms with van der Waals surface area (Å²) < 4.78 is 19.3. The molecule has 0 spiro atoms. The number of ether oxygens (including phenoxy) is 1. The summed E-state index contributed by atoms with van der Waals surface area (Å²) in [6.45, 7) is 3.37. The van der Waals surface area contributed by atoms with Gasteiger partial charge in [0.25, 0.3) is 5.91 Å². The number of halogens is 2. The second-order valence-corrected chi connectivity index (χ2v) is 5.81. The van der Waals surface area contributed by atoms with Crippen LogP contribution in [0.25, 0.3) is 0 Å². The number of benzene rings is 2. The van der Waals surface area contributed by atoms with Gasteiger partial charge in [0.1, 0.15) is 11.6 Å². The van der Waals surface area contributed by atoms with Gasteiger partial charge in [-0.3, -0.25) is 4.79 Å². The van der Waals surface area contributed by atoms with Gasteiger partial charge in [-0.2, -0.15) is 5.10 Å². The van der Waals surface area contributed by atoms with Crippen molar-refractivity contribution >= 4 is 27.5 Å². The monoisotopic (exact) mass is 378 g/mol. The Bertz CT molecular complexity index is 717. The minimum atomic E-state index is -0.700. The maximum atomic E-state index is 12.9. The highest BCUT2D eigenvalue weighted by Gasteiger charge is 2.14. The van der Waals surface area contributed by atoms with Gasteiger partial charge in [0, 0.05) is 4.47 Å². The highest BCUT2D eigenvalue weighted by molar-refractivity contribution is 9.10. The molecule has 0 bridgehead atoms. The molecular formula is C17H16BrFN2O2. The number of hydrogen-bond acceptors (Lipinski definition) is 3. The van der Waals surface area contributed by atoms with Gasteiger partial charge in [-0.1, -0.05) is 34.1 Å². The summed E-state index contributed by atoms with van der Waals surface area (Å²) in [7, 11) is 0. The molecule has 2 rings (SSSR count). The molecule has 0 radical (unpaired) electrons. The van der Waals surface area contributed by atoms with Crippen molar-refractivity contribution in [1.29, 1.82) is 0 Å². The van der Waals surface area contributed by atoms with Crippen molar-refractivity contribution in [2.75, 3.05) is 0 Å². The van der Waals surface area contributed by atoms with Crippen LogP contribution in [0.5, 0.6) is 5.75 Å². The van der Waals surface area contributed by atoms with Crippen LogP contribution < -0.4 is 10.2 Å². The molecule has 0 saturated carbocycles. The predicted octanol–water partition coefficient (Wildman–Crippen LogP) is 3.90. The number of hydrazone groups is 1. The number of hydrogen-bond donors (Lipinski definition) is 1. The summed E-state index contributed by atoms with van der Waals surface area (Å²) in [5.74, 6) is -0.102. The number of amides is 1. The van der Waals surface area contributed by atoms with Crippen LogP contribution in [0, 0.1) is 5.82 Å². The van der Waals surface area contributed by atoms with E-state index >= 15 is 0 Å². The summed E-state index contributed by atoms with van der Waals surface area (Å²) in [6, 6.07) is 13.1. The molecular weight excluding hydrogens is 363 g/mol. The molecule has 0 heterocycles. The lowest BCUT2D eigenvalue weighted by Crippen LogP contribution is -2.33. The van der Waals surface area contributed by atoms with Crippen molar-refractivity contribution in [2.24, 2.45) is 5.10 Å². The maximum absolute atomic E-state index is 12.9. The molecule has 6 heteroatoms. The number of carbonyl (C=O) groups is 1. The van der Waals surface area contributed by atoms with Crippen LogP contribution in [-0.2, 0) is 4.79 Å². The quantitative estimate of drug-likeness (QED) is 0.633. The molecule has 0 unspecified atom stereocenters. The van der Waals surface area contributed by atoms with Crippen LogP contribution in [0.3, 0.4) is 0 Å². The first-order chi connectivity index (χ1) is 11.0. The lowest BCUT2D eigenvalue weighted by molar-refractivity contribution is -0.127. The van der Waals surface area contributed by atoms with Crippen molar-refractivity contribution in [3.8, 4) is 5.75 Å². The molecule has 0 saturated heterocycles. The second-order valence-electron chi connectivity index (χ2n) is 4.90. The van der Waals surface area contributed by atoms with E-state index in [4.69, 9.17) is 4.74 Å². The molecule has 0 aliphatic heterocycles. The van der Waals surface area contributed by atoms with E-state index in [2.05, 4.69) is 26.5 Å². The van der Waals surface area contributed by atoms with Crippen molar-refractivity contribution < 1.29 is 13.9 Å². The average molecular weight is 379 g/mol. The van der Waals surface area contributed by atoms with Crippen LogP contribution in [0.4, 0.5) is 4.39 Å². The fraction of sp³-hybridized carbons (Fsp3) is 0.176. The van der Waals surface area contributed by atoms with Gasteiger partial charge in [-0.15, -0.1) is 0 Å². The molecule has 2 aromatic carbocycles. The third-order valence-corrected chi connectivity index (χ3v) is 3.57. The zero-order chi connectivity index (χ0) is 16.8. The van der Waals surface area contributed by atoms with E-state index < -0.39 is 6.10 Å². The fourth-order valence-electron chi connectivity index (χ4n) is 1.78. The Kier molecular flexibility index (Phi) is 5.87. The molecule has 0 aromatic heterocycles. The predicted molar refractivity (Wildman–Crippen MR) is 91.0 cm³/mol. The molecule has 1 N–H and O–H groups in total. The van der Waals surface area contributed by atoms with Crippen LogP contribution in [0.15, 0.2) is 58.1 Å². The van der Waals surface area contributed by atoms with Crippen LogP contribution >= 0.6 is 15.9 Å². The standard InChI is InChI=1S/C17H16BrFN2O2/c1-11(13-6-8-15(19)9-7-13)20-21-17(22)12(2)23-16-5-3-4-14(18)10-16/h3-10,12H,1-2H3,(H,21,22)/b20-11-/t12-/m1/s1. The molecule has 120 valence electrons. The van der Waals surface area contributed by atoms with E-state index in [9.17, 15) is 9.18 Å². The highest BCUT2D eigenvalue weighted by atomic mass is 79.9. The van der Waals surface area contributed by atoms with E-state index in [1.807, 2.05) is 12.1 Å². The van der Waals surface area contributed by atoms with Gasteiger partial charge in [-0.25, -0.2) is 9.82 Å². The van der Waals surface area contributed by atoms with Gasteiger partial charge < -0.3 is 4.74 Å². The van der Waals surface area contributed by atoms with Crippen LogP contribution in [-0.4, -0.2) is 17.7 Å². The number of nitrogens with one attached hydrogen (secondary N) is 1. The van der Waals surface area contributed by atoms with E-state index in [-0.39, 0.29) is 11.7 Å². The highest BCUT2D eigenvalue weighted by Crippen LogP contribution is 2.18. The lowest BCUT2D eigenvalue weighted by Gasteiger charge is -2.13. The van der Waals surface area contributed by atoms with Gasteiger partial charge in [-0.05, 0) is 49.7 Å². The van der Waals surface area contributed by atoms with E-state index in [0.29, 0.717) is 11.5 Å². The summed E-state index contributed by atoms with van der Waals surface area (Å²) in [5, 5.41) is 4.01. The van der Waals surface area contributed by atoms with E-state index in [0.717, 1.165) is 10.0 Å². The molecule has 0 aliphatic carbocycles. The smallest absolute Gasteiger partial charge is 0.280 e. The Labute approximate surface area is 142 Å². The molecule has 0 aliphatic rings. The van der Waals surface area contributed by atoms with Crippen LogP contribution in [0.2, 0.25) is 0 Å². The van der Waals surface area contributed by atoms with Crippen molar-refractivity contribution in [3.05, 3.63) is 64.4 Å². The minimum absolute atomic E-state index is 0.318. The Morgan fingerprint density at radius 2 is 1.96 bits per heavy atom. The third-order valence-electron chi connectivity index (χ3n) is 3.07. The third kappa shape index (κ3) is 5.17. The Balaban J connectivity index is 1.95. The number of rotatable bonds is 5. The number of nitrogens with zero attached hydrogens (tertiary/aromatic N) is 1. The Hall–Kier alpha value is -2.21. The summed E-state index contributed by atoms with van der Waals surface area (Å²) in [5.41, 5.74) is 3.75. The van der Waals surface area contributed by atoms with Crippen molar-refractivity contribution in [3.63, 3.8) is 0 Å². The first-order valence-electron chi connectivity index (χ1n) is 6.98. The normalized spacial score (nSPS) is 12.6. The first-order valence-corrected chi connectivity index (χ1v) is 7.77. The molecule has 1 atom stereocenters. The lowest BCUT2D eigenvalue weighted by atomic mass is 10.1. The zero-order valence-corrected chi connectivity index (χ0v) is 14.3. The second kappa shape index (κ2) is 7.87. The summed E-state index contributed by atoms with van der Waals surface area (Å²) >= 11 is 3.34. The van der Waals surface area contributed by atoms with Crippen LogP contribution in [0.1, 0.15) is 19.4 Å². The molecule has 1 amide bonds. The first kappa shape index (κ1) is 17.1. The van der Waals surface area contributed by atoms with Gasteiger partial charge in [0.2, 0.25) is 0 Å². The summed E-state index contributed by atoms with van der Waals surface area (Å²) in [4.78, 5) is 12.0. The van der Waals surface area contributed by atoms with E-state index in [1.54, 1.807) is 38.1 Å². The van der Waals surface area contributed by atoms with Crippen molar-refractivity contribution in [2.45, 2.75) is 20.0 Å². The largest absolute Gasteiger partial charge is 0.481 e. The zero-order valence-electron chi connectivity index (χ0n) is 12.7. The Morgan fingerprint density at radius 1 is 1.26 bits per heavy atom. The minimum Gasteiger partial charge on any atom is -0.481 e. The van der Waals surface area contributed by atoms with Gasteiger partial charge in [0.15, 0.2) is 6.10 Å². The van der Waals surface area contributed by atoms with Gasteiger partial charge >= 0.3 is 0 Å². The maximum Gasteiger partial charge on any atom is 0.280 e. The SMILES string of the molecule is C/C(=N/NC(=O)[C@@H](C)Oc1cccc(Br)c1)c1ccc(F)cc1. The summed E-state index contributed by atoms with van der Waals surface area (Å²) in [6.07, 6.45) is -0.700. The fourth-order valence-corrected chi connectivity index (χ4v) is 2.16.